The quantitative estimate of drug-likeness (QED) is 0.522. The highest BCUT2D eigenvalue weighted by Crippen LogP contribution is 2.33. The fourth-order valence-electron chi connectivity index (χ4n) is 4.04. The van der Waals surface area contributed by atoms with Crippen molar-refractivity contribution in [2.24, 2.45) is 0 Å². The van der Waals surface area contributed by atoms with E-state index in [0.717, 1.165) is 36.5 Å². The average molecular weight is 408 g/mol. The first-order valence-corrected chi connectivity index (χ1v) is 10.3. The van der Waals surface area contributed by atoms with E-state index in [4.69, 9.17) is 4.74 Å². The summed E-state index contributed by atoms with van der Waals surface area (Å²) in [7, 11) is 0. The van der Waals surface area contributed by atoms with Crippen LogP contribution in [-0.4, -0.2) is 29.5 Å². The van der Waals surface area contributed by atoms with Gasteiger partial charge in [0.15, 0.2) is 0 Å². The number of rotatable bonds is 7. The summed E-state index contributed by atoms with van der Waals surface area (Å²) in [6.07, 6.45) is 0.0298. The molecule has 3 nitrogen and oxygen atoms in total. The molecule has 1 saturated heterocycles. The van der Waals surface area contributed by atoms with Gasteiger partial charge in [0, 0.05) is 26.2 Å². The lowest BCUT2D eigenvalue weighted by molar-refractivity contribution is 0.125. The molecule has 30 heavy (non-hydrogen) atoms. The van der Waals surface area contributed by atoms with Gasteiger partial charge in [0.1, 0.15) is 17.4 Å². The molecule has 1 atom stereocenters. The Labute approximate surface area is 176 Å². The molecule has 0 N–H and O–H groups in total. The third-order valence-electron chi connectivity index (χ3n) is 5.45. The minimum absolute atomic E-state index is 0.0298. The summed E-state index contributed by atoms with van der Waals surface area (Å²) in [5.41, 5.74) is 3.32. The van der Waals surface area contributed by atoms with Gasteiger partial charge in [-0.1, -0.05) is 36.4 Å². The van der Waals surface area contributed by atoms with E-state index in [1.54, 1.807) is 0 Å². The molecule has 4 rings (SSSR count). The fraction of sp³-hybridized carbons (Fsp3) is 0.280. The molecule has 1 heterocycles. The minimum Gasteiger partial charge on any atom is -0.494 e. The van der Waals surface area contributed by atoms with Crippen molar-refractivity contribution >= 4 is 0 Å². The van der Waals surface area contributed by atoms with Gasteiger partial charge in [0.05, 0.1) is 12.8 Å². The van der Waals surface area contributed by atoms with Crippen molar-refractivity contribution in [1.82, 2.24) is 9.80 Å². The first kappa shape index (κ1) is 20.5. The molecule has 0 saturated carbocycles. The van der Waals surface area contributed by atoms with Crippen LogP contribution in [-0.2, 0) is 13.1 Å². The molecule has 1 fully saturated rings. The van der Waals surface area contributed by atoms with Crippen molar-refractivity contribution in [3.05, 3.63) is 101 Å². The summed E-state index contributed by atoms with van der Waals surface area (Å²) in [5, 5.41) is 0. The van der Waals surface area contributed by atoms with E-state index in [2.05, 4.69) is 21.9 Å². The normalized spacial score (nSPS) is 17.4. The van der Waals surface area contributed by atoms with Gasteiger partial charge in [-0.05, 0) is 60.0 Å². The van der Waals surface area contributed by atoms with E-state index in [1.807, 2.05) is 43.3 Å². The van der Waals surface area contributed by atoms with Crippen molar-refractivity contribution < 1.29 is 13.5 Å². The summed E-state index contributed by atoms with van der Waals surface area (Å²) in [6, 6.07) is 21.6. The number of benzene rings is 3. The van der Waals surface area contributed by atoms with Crippen molar-refractivity contribution in [3.63, 3.8) is 0 Å². The zero-order valence-electron chi connectivity index (χ0n) is 17.1. The first-order chi connectivity index (χ1) is 14.6. The van der Waals surface area contributed by atoms with Crippen molar-refractivity contribution in [1.29, 1.82) is 0 Å². The van der Waals surface area contributed by atoms with Crippen LogP contribution >= 0.6 is 0 Å². The molecule has 1 aliphatic heterocycles. The number of ether oxygens (including phenoxy) is 1. The van der Waals surface area contributed by atoms with Crippen LogP contribution in [0.1, 0.15) is 29.8 Å². The van der Waals surface area contributed by atoms with E-state index < -0.39 is 0 Å². The Morgan fingerprint density at radius 2 is 1.20 bits per heavy atom. The highest BCUT2D eigenvalue weighted by atomic mass is 19.1. The third-order valence-corrected chi connectivity index (χ3v) is 5.45. The first-order valence-electron chi connectivity index (χ1n) is 10.3. The minimum atomic E-state index is -0.236. The predicted molar refractivity (Wildman–Crippen MR) is 114 cm³/mol. The molecule has 0 aliphatic carbocycles. The highest BCUT2D eigenvalue weighted by Gasteiger charge is 2.33. The Morgan fingerprint density at radius 3 is 1.70 bits per heavy atom. The second-order valence-electron chi connectivity index (χ2n) is 7.57. The van der Waals surface area contributed by atoms with Crippen LogP contribution in [0.5, 0.6) is 5.75 Å². The van der Waals surface area contributed by atoms with Crippen LogP contribution in [0.25, 0.3) is 0 Å². The van der Waals surface area contributed by atoms with Gasteiger partial charge in [0.2, 0.25) is 0 Å². The molecular formula is C25H26F2N2O. The lowest BCUT2D eigenvalue weighted by atomic mass is 10.1. The third kappa shape index (κ3) is 4.86. The van der Waals surface area contributed by atoms with Gasteiger partial charge < -0.3 is 4.74 Å². The molecule has 0 bridgehead atoms. The maximum absolute atomic E-state index is 13.5. The molecule has 3 aromatic carbocycles. The van der Waals surface area contributed by atoms with Crippen molar-refractivity contribution in [2.75, 3.05) is 19.7 Å². The van der Waals surface area contributed by atoms with Gasteiger partial charge in [-0.3, -0.25) is 9.80 Å². The van der Waals surface area contributed by atoms with Crippen LogP contribution in [0.15, 0.2) is 72.8 Å². The molecule has 1 aliphatic rings. The smallest absolute Gasteiger partial charge is 0.123 e. The van der Waals surface area contributed by atoms with Gasteiger partial charge in [-0.25, -0.2) is 8.78 Å². The van der Waals surface area contributed by atoms with Crippen LogP contribution in [0, 0.1) is 11.6 Å². The second-order valence-corrected chi connectivity index (χ2v) is 7.57. The molecule has 0 aromatic heterocycles. The summed E-state index contributed by atoms with van der Waals surface area (Å²) in [4.78, 5) is 4.75. The standard InChI is InChI=1S/C25H26F2N2O/c1-2-30-24-13-5-20(6-14-24)18-29-16-15-28(17-19-3-9-22(26)10-4-19)25(29)21-7-11-23(27)12-8-21/h3-14,25H,2,15-18H2,1H3/t25-/m0/s1. The van der Waals surface area contributed by atoms with Crippen molar-refractivity contribution in [2.45, 2.75) is 26.2 Å². The summed E-state index contributed by atoms with van der Waals surface area (Å²) in [6.45, 7) is 5.90. The summed E-state index contributed by atoms with van der Waals surface area (Å²) >= 11 is 0. The molecule has 0 spiro atoms. The Hall–Kier alpha value is -2.76. The maximum Gasteiger partial charge on any atom is 0.123 e. The lowest BCUT2D eigenvalue weighted by Gasteiger charge is -2.31. The van der Waals surface area contributed by atoms with E-state index in [-0.39, 0.29) is 17.8 Å². The Kier molecular flexibility index (Phi) is 6.41. The number of halogens is 2. The average Bonchev–Trinajstić information content (AvgIpc) is 3.14. The molecule has 0 radical (unpaired) electrons. The molecule has 5 heteroatoms. The van der Waals surface area contributed by atoms with Gasteiger partial charge in [-0.2, -0.15) is 0 Å². The number of hydrogen-bond donors (Lipinski definition) is 0. The molecule has 3 aromatic rings. The zero-order chi connectivity index (χ0) is 20.9. The monoisotopic (exact) mass is 408 g/mol. The Bertz CT molecular complexity index is 942. The number of nitrogens with zero attached hydrogens (tertiary/aromatic N) is 2. The van der Waals surface area contributed by atoms with Crippen molar-refractivity contribution in [3.8, 4) is 5.75 Å². The Balaban J connectivity index is 1.55. The van der Waals surface area contributed by atoms with Gasteiger partial charge in [-0.15, -0.1) is 0 Å². The van der Waals surface area contributed by atoms with E-state index in [9.17, 15) is 8.78 Å². The van der Waals surface area contributed by atoms with Crippen LogP contribution in [0.4, 0.5) is 8.78 Å². The maximum atomic E-state index is 13.5. The van der Waals surface area contributed by atoms with Crippen LogP contribution in [0.3, 0.4) is 0 Å². The largest absolute Gasteiger partial charge is 0.494 e. The summed E-state index contributed by atoms with van der Waals surface area (Å²) < 4.78 is 32.4. The topological polar surface area (TPSA) is 15.7 Å². The summed E-state index contributed by atoms with van der Waals surface area (Å²) in [5.74, 6) is 0.406. The lowest BCUT2D eigenvalue weighted by Crippen LogP contribution is -2.30. The fourth-order valence-corrected chi connectivity index (χ4v) is 4.04. The number of hydrogen-bond acceptors (Lipinski definition) is 3. The van der Waals surface area contributed by atoms with Gasteiger partial charge >= 0.3 is 0 Å². The van der Waals surface area contributed by atoms with E-state index >= 15 is 0 Å². The van der Waals surface area contributed by atoms with Crippen LogP contribution < -0.4 is 4.74 Å². The molecular weight excluding hydrogens is 382 g/mol. The SMILES string of the molecule is CCOc1ccc(CN2CCN(Cc3ccc(F)cc3)[C@@H]2c2ccc(F)cc2)cc1. The van der Waals surface area contributed by atoms with E-state index in [1.165, 1.54) is 29.8 Å². The molecule has 156 valence electrons. The Morgan fingerprint density at radius 1 is 0.733 bits per heavy atom. The second kappa shape index (κ2) is 9.37. The molecule has 0 amide bonds. The highest BCUT2D eigenvalue weighted by molar-refractivity contribution is 5.28. The molecule has 0 unspecified atom stereocenters. The zero-order valence-corrected chi connectivity index (χ0v) is 17.1. The van der Waals surface area contributed by atoms with Gasteiger partial charge in [0.25, 0.3) is 0 Å². The van der Waals surface area contributed by atoms with Crippen LogP contribution in [0.2, 0.25) is 0 Å². The van der Waals surface area contributed by atoms with E-state index in [0.29, 0.717) is 13.2 Å². The predicted octanol–water partition coefficient (Wildman–Crippen LogP) is 5.38.